The van der Waals surface area contributed by atoms with Gasteiger partial charge in [-0.3, -0.25) is 0 Å². The van der Waals surface area contributed by atoms with Crippen molar-refractivity contribution >= 4 is 0 Å². The third-order valence-corrected chi connectivity index (χ3v) is 4.60. The topological polar surface area (TPSA) is 30.5 Å². The van der Waals surface area contributed by atoms with E-state index in [1.807, 2.05) is 18.2 Å². The highest BCUT2D eigenvalue weighted by molar-refractivity contribution is 5.44. The van der Waals surface area contributed by atoms with Crippen molar-refractivity contribution in [2.24, 2.45) is 0 Å². The van der Waals surface area contributed by atoms with Gasteiger partial charge in [-0.15, -0.1) is 0 Å². The number of rotatable bonds is 5. The van der Waals surface area contributed by atoms with Crippen LogP contribution in [0.2, 0.25) is 0 Å². The van der Waals surface area contributed by atoms with Crippen LogP contribution in [-0.2, 0) is 6.61 Å². The SMILES string of the molecule is COc1cc(C2CCCNC2)ccc1OCc1ccccc1C. The van der Waals surface area contributed by atoms with Gasteiger partial charge in [-0.1, -0.05) is 30.3 Å². The van der Waals surface area contributed by atoms with E-state index in [1.165, 1.54) is 29.5 Å². The average Bonchev–Trinajstić information content (AvgIpc) is 2.61. The molecule has 1 unspecified atom stereocenters. The van der Waals surface area contributed by atoms with Gasteiger partial charge in [0.2, 0.25) is 0 Å². The Bertz CT molecular complexity index is 648. The number of piperidine rings is 1. The van der Waals surface area contributed by atoms with E-state index in [0.29, 0.717) is 12.5 Å². The highest BCUT2D eigenvalue weighted by atomic mass is 16.5. The van der Waals surface area contributed by atoms with Gasteiger partial charge in [0.15, 0.2) is 11.5 Å². The van der Waals surface area contributed by atoms with Gasteiger partial charge in [0, 0.05) is 6.54 Å². The van der Waals surface area contributed by atoms with Crippen molar-refractivity contribution in [3.63, 3.8) is 0 Å². The zero-order valence-electron chi connectivity index (χ0n) is 14.0. The summed E-state index contributed by atoms with van der Waals surface area (Å²) >= 11 is 0. The lowest BCUT2D eigenvalue weighted by Gasteiger charge is -2.24. The van der Waals surface area contributed by atoms with E-state index in [9.17, 15) is 0 Å². The minimum absolute atomic E-state index is 0.563. The van der Waals surface area contributed by atoms with Crippen LogP contribution < -0.4 is 14.8 Å². The van der Waals surface area contributed by atoms with Crippen molar-refractivity contribution in [1.82, 2.24) is 5.32 Å². The van der Waals surface area contributed by atoms with Crippen molar-refractivity contribution in [2.45, 2.75) is 32.3 Å². The Labute approximate surface area is 138 Å². The van der Waals surface area contributed by atoms with Gasteiger partial charge in [0.05, 0.1) is 7.11 Å². The predicted molar refractivity (Wildman–Crippen MR) is 93.3 cm³/mol. The third kappa shape index (κ3) is 3.85. The molecule has 0 bridgehead atoms. The number of benzene rings is 2. The molecule has 1 heterocycles. The molecular formula is C20H25NO2. The zero-order chi connectivity index (χ0) is 16.1. The number of hydrogen-bond donors (Lipinski definition) is 1. The van der Waals surface area contributed by atoms with E-state index in [4.69, 9.17) is 9.47 Å². The molecule has 122 valence electrons. The fourth-order valence-corrected chi connectivity index (χ4v) is 3.12. The first kappa shape index (κ1) is 15.9. The van der Waals surface area contributed by atoms with E-state index in [-0.39, 0.29) is 0 Å². The molecule has 3 heteroatoms. The Morgan fingerprint density at radius 1 is 1.13 bits per heavy atom. The fourth-order valence-electron chi connectivity index (χ4n) is 3.12. The second-order valence-electron chi connectivity index (χ2n) is 6.17. The van der Waals surface area contributed by atoms with Gasteiger partial charge in [-0.2, -0.15) is 0 Å². The summed E-state index contributed by atoms with van der Waals surface area (Å²) in [5.41, 5.74) is 3.78. The lowest BCUT2D eigenvalue weighted by Crippen LogP contribution is -2.28. The van der Waals surface area contributed by atoms with Gasteiger partial charge >= 0.3 is 0 Å². The molecule has 0 aromatic heterocycles. The monoisotopic (exact) mass is 311 g/mol. The lowest BCUT2D eigenvalue weighted by atomic mass is 9.91. The fraction of sp³-hybridized carbons (Fsp3) is 0.400. The van der Waals surface area contributed by atoms with Gasteiger partial charge < -0.3 is 14.8 Å². The zero-order valence-corrected chi connectivity index (χ0v) is 14.0. The molecule has 1 N–H and O–H groups in total. The second-order valence-corrected chi connectivity index (χ2v) is 6.17. The van der Waals surface area contributed by atoms with Crippen LogP contribution in [0.5, 0.6) is 11.5 Å². The molecule has 1 aliphatic heterocycles. The maximum absolute atomic E-state index is 6.00. The summed E-state index contributed by atoms with van der Waals surface area (Å²) in [4.78, 5) is 0. The van der Waals surface area contributed by atoms with Crippen LogP contribution >= 0.6 is 0 Å². The van der Waals surface area contributed by atoms with Crippen molar-refractivity contribution in [3.05, 3.63) is 59.2 Å². The molecule has 2 aromatic carbocycles. The molecule has 3 nitrogen and oxygen atoms in total. The molecular weight excluding hydrogens is 286 g/mol. The summed E-state index contributed by atoms with van der Waals surface area (Å²) < 4.78 is 11.5. The average molecular weight is 311 g/mol. The maximum Gasteiger partial charge on any atom is 0.161 e. The largest absolute Gasteiger partial charge is 0.493 e. The van der Waals surface area contributed by atoms with E-state index in [0.717, 1.165) is 24.6 Å². The van der Waals surface area contributed by atoms with Crippen LogP contribution in [-0.4, -0.2) is 20.2 Å². The Hall–Kier alpha value is -2.00. The number of nitrogens with one attached hydrogen (secondary N) is 1. The highest BCUT2D eigenvalue weighted by Gasteiger charge is 2.17. The van der Waals surface area contributed by atoms with Gasteiger partial charge in [-0.25, -0.2) is 0 Å². The molecule has 2 aromatic rings. The normalized spacial score (nSPS) is 17.7. The first-order valence-electron chi connectivity index (χ1n) is 8.34. The minimum atomic E-state index is 0.563. The van der Waals surface area contributed by atoms with E-state index < -0.39 is 0 Å². The molecule has 0 radical (unpaired) electrons. The minimum Gasteiger partial charge on any atom is -0.493 e. The summed E-state index contributed by atoms with van der Waals surface area (Å²) in [5, 5.41) is 3.47. The van der Waals surface area contributed by atoms with Crippen LogP contribution in [0.3, 0.4) is 0 Å². The Balaban J connectivity index is 1.73. The predicted octanol–water partition coefficient (Wildman–Crippen LogP) is 4.05. The van der Waals surface area contributed by atoms with Crippen molar-refractivity contribution in [3.8, 4) is 11.5 Å². The van der Waals surface area contributed by atoms with Crippen molar-refractivity contribution in [2.75, 3.05) is 20.2 Å². The van der Waals surface area contributed by atoms with E-state index in [2.05, 4.69) is 36.5 Å². The molecule has 3 rings (SSSR count). The number of methoxy groups -OCH3 is 1. The summed E-state index contributed by atoms with van der Waals surface area (Å²) in [7, 11) is 1.71. The van der Waals surface area contributed by atoms with Crippen LogP contribution in [0, 0.1) is 6.92 Å². The van der Waals surface area contributed by atoms with E-state index in [1.54, 1.807) is 7.11 Å². The van der Waals surface area contributed by atoms with E-state index >= 15 is 0 Å². The summed E-state index contributed by atoms with van der Waals surface area (Å²) in [6.45, 7) is 4.85. The standard InChI is InChI=1S/C20H25NO2/c1-15-6-3-4-7-18(15)14-23-19-10-9-16(12-20(19)22-2)17-8-5-11-21-13-17/h3-4,6-7,9-10,12,17,21H,5,8,11,13-14H2,1-2H3. The molecule has 0 spiro atoms. The maximum atomic E-state index is 6.00. The molecule has 0 saturated carbocycles. The molecule has 1 saturated heterocycles. The Morgan fingerprint density at radius 2 is 2.00 bits per heavy atom. The second kappa shape index (κ2) is 7.51. The van der Waals surface area contributed by atoms with Crippen molar-refractivity contribution < 1.29 is 9.47 Å². The number of hydrogen-bond acceptors (Lipinski definition) is 3. The molecule has 1 fully saturated rings. The smallest absolute Gasteiger partial charge is 0.161 e. The summed E-state index contributed by atoms with van der Waals surface area (Å²) in [6.07, 6.45) is 2.47. The van der Waals surface area contributed by atoms with Crippen LogP contribution in [0.1, 0.15) is 35.4 Å². The first-order valence-corrected chi connectivity index (χ1v) is 8.34. The van der Waals surface area contributed by atoms with Crippen LogP contribution in [0.4, 0.5) is 0 Å². The molecule has 0 aliphatic carbocycles. The van der Waals surface area contributed by atoms with Gasteiger partial charge in [0.1, 0.15) is 6.61 Å². The Morgan fingerprint density at radius 3 is 2.74 bits per heavy atom. The van der Waals surface area contributed by atoms with Crippen LogP contribution in [0.25, 0.3) is 0 Å². The van der Waals surface area contributed by atoms with Crippen LogP contribution in [0.15, 0.2) is 42.5 Å². The van der Waals surface area contributed by atoms with Gasteiger partial charge in [0.25, 0.3) is 0 Å². The number of ether oxygens (including phenoxy) is 2. The van der Waals surface area contributed by atoms with Gasteiger partial charge in [-0.05, 0) is 61.1 Å². The summed E-state index contributed by atoms with van der Waals surface area (Å²) in [5.74, 6) is 2.20. The van der Waals surface area contributed by atoms with Crippen molar-refractivity contribution in [1.29, 1.82) is 0 Å². The Kier molecular flexibility index (Phi) is 5.19. The highest BCUT2D eigenvalue weighted by Crippen LogP contribution is 2.33. The molecule has 23 heavy (non-hydrogen) atoms. The molecule has 0 amide bonds. The third-order valence-electron chi connectivity index (χ3n) is 4.60. The number of aryl methyl sites for hydroxylation is 1. The summed E-state index contributed by atoms with van der Waals surface area (Å²) in [6, 6.07) is 14.6. The molecule has 1 atom stereocenters. The quantitative estimate of drug-likeness (QED) is 0.903. The lowest BCUT2D eigenvalue weighted by molar-refractivity contribution is 0.283. The first-order chi connectivity index (χ1) is 11.3. The molecule has 1 aliphatic rings.